The van der Waals surface area contributed by atoms with Gasteiger partial charge in [0.1, 0.15) is 11.5 Å². The minimum absolute atomic E-state index is 0.114. The zero-order valence-corrected chi connectivity index (χ0v) is 20.3. The van der Waals surface area contributed by atoms with Crippen LogP contribution in [0, 0.1) is 0 Å². The van der Waals surface area contributed by atoms with Crippen molar-refractivity contribution < 1.29 is 15.0 Å². The fourth-order valence-corrected chi connectivity index (χ4v) is 4.72. The molecule has 0 aliphatic rings. The standard InChI is InChI=1S/C25H24ClN7O3/c1-2-3-8-22-27-23(26)21(14-34)32(22)13-15-9-10-18-16(11-15)12-20(25(35)36)33(18)19-7-5-4-6-17(19)24-28-30-31-29-24/h4-7,9-12,34H,2-3,8,13-14H2,1H3,(H,35,36)(H,28,29,30,31). The first-order valence-electron chi connectivity index (χ1n) is 11.6. The van der Waals surface area contributed by atoms with Crippen LogP contribution in [0.1, 0.15) is 47.3 Å². The van der Waals surface area contributed by atoms with Gasteiger partial charge in [0.25, 0.3) is 0 Å². The lowest BCUT2D eigenvalue weighted by molar-refractivity contribution is 0.0688. The largest absolute Gasteiger partial charge is 0.477 e. The predicted molar refractivity (Wildman–Crippen MR) is 134 cm³/mol. The summed E-state index contributed by atoms with van der Waals surface area (Å²) in [6, 6.07) is 14.8. The number of carbonyl (C=O) groups is 1. The normalized spacial score (nSPS) is 11.4. The Kier molecular flexibility index (Phi) is 6.53. The maximum absolute atomic E-state index is 12.2. The van der Waals surface area contributed by atoms with Gasteiger partial charge >= 0.3 is 5.97 Å². The van der Waals surface area contributed by atoms with Gasteiger partial charge in [-0.05, 0) is 47.5 Å². The number of fused-ring (bicyclic) bond motifs is 1. The van der Waals surface area contributed by atoms with Crippen LogP contribution in [0.15, 0.2) is 48.5 Å². The second-order valence-corrected chi connectivity index (χ2v) is 8.79. The highest BCUT2D eigenvalue weighted by molar-refractivity contribution is 6.30. The number of para-hydroxylation sites is 1. The lowest BCUT2D eigenvalue weighted by Crippen LogP contribution is -2.09. The van der Waals surface area contributed by atoms with Crippen molar-refractivity contribution in [3.05, 3.63) is 76.5 Å². The average molecular weight is 506 g/mol. The fourth-order valence-electron chi connectivity index (χ4n) is 4.46. The van der Waals surface area contributed by atoms with Crippen molar-refractivity contribution in [3.63, 3.8) is 0 Å². The molecule has 3 aromatic heterocycles. The Morgan fingerprint density at radius 2 is 2.00 bits per heavy atom. The maximum atomic E-state index is 12.2. The Labute approximate surface area is 211 Å². The molecule has 3 N–H and O–H groups in total. The van der Waals surface area contributed by atoms with Crippen LogP contribution in [-0.4, -0.2) is 50.9 Å². The molecule has 0 saturated carbocycles. The summed E-state index contributed by atoms with van der Waals surface area (Å²) in [5, 5.41) is 35.2. The van der Waals surface area contributed by atoms with E-state index in [9.17, 15) is 15.0 Å². The minimum atomic E-state index is -1.05. The summed E-state index contributed by atoms with van der Waals surface area (Å²) in [5.74, 6) is 0.138. The van der Waals surface area contributed by atoms with Crippen molar-refractivity contribution >= 4 is 28.5 Å². The molecule has 0 saturated heterocycles. The summed E-state index contributed by atoms with van der Waals surface area (Å²) < 4.78 is 3.63. The molecule has 3 heterocycles. The highest BCUT2D eigenvalue weighted by Crippen LogP contribution is 2.31. The molecule has 0 amide bonds. The average Bonchev–Trinajstić information content (AvgIpc) is 3.60. The molecule has 5 rings (SSSR count). The molecule has 184 valence electrons. The number of rotatable bonds is 9. The monoisotopic (exact) mass is 505 g/mol. The molecule has 0 aliphatic heterocycles. The number of aromatic carboxylic acids is 1. The number of aryl methyl sites for hydroxylation is 1. The first-order chi connectivity index (χ1) is 17.5. The lowest BCUT2D eigenvalue weighted by Gasteiger charge is -2.13. The minimum Gasteiger partial charge on any atom is -0.477 e. The Bertz CT molecular complexity index is 1540. The Balaban J connectivity index is 1.61. The number of hydrogen-bond donors (Lipinski definition) is 3. The fraction of sp³-hybridized carbons (Fsp3) is 0.240. The lowest BCUT2D eigenvalue weighted by atomic mass is 10.1. The van der Waals surface area contributed by atoms with E-state index in [1.165, 1.54) is 0 Å². The van der Waals surface area contributed by atoms with Crippen LogP contribution >= 0.6 is 11.6 Å². The number of H-pyrrole nitrogens is 1. The zero-order valence-electron chi connectivity index (χ0n) is 19.5. The van der Waals surface area contributed by atoms with Gasteiger partial charge in [0.2, 0.25) is 5.82 Å². The van der Waals surface area contributed by atoms with Crippen molar-refractivity contribution in [1.29, 1.82) is 0 Å². The van der Waals surface area contributed by atoms with Gasteiger partial charge in [0.15, 0.2) is 5.15 Å². The van der Waals surface area contributed by atoms with E-state index in [4.69, 9.17) is 11.6 Å². The van der Waals surface area contributed by atoms with E-state index < -0.39 is 5.97 Å². The Morgan fingerprint density at radius 3 is 2.72 bits per heavy atom. The van der Waals surface area contributed by atoms with E-state index in [1.54, 1.807) is 10.6 Å². The van der Waals surface area contributed by atoms with E-state index in [-0.39, 0.29) is 12.3 Å². The molecule has 0 fully saturated rings. The maximum Gasteiger partial charge on any atom is 0.352 e. The number of carboxylic acid groups (broad SMARTS) is 1. The Morgan fingerprint density at radius 1 is 1.17 bits per heavy atom. The van der Waals surface area contributed by atoms with Gasteiger partial charge in [-0.25, -0.2) is 9.78 Å². The number of tetrazole rings is 1. The van der Waals surface area contributed by atoms with Gasteiger partial charge < -0.3 is 19.3 Å². The molecule has 0 spiro atoms. The molecule has 0 atom stereocenters. The number of carboxylic acids is 1. The summed E-state index contributed by atoms with van der Waals surface area (Å²) >= 11 is 6.30. The molecule has 0 radical (unpaired) electrons. The second kappa shape index (κ2) is 9.92. The Hall–Kier alpha value is -4.02. The van der Waals surface area contributed by atoms with Crippen LogP contribution in [0.2, 0.25) is 5.15 Å². The smallest absolute Gasteiger partial charge is 0.352 e. The summed E-state index contributed by atoms with van der Waals surface area (Å²) in [6.07, 6.45) is 2.73. The van der Waals surface area contributed by atoms with Gasteiger partial charge in [-0.3, -0.25) is 0 Å². The van der Waals surface area contributed by atoms with Crippen molar-refractivity contribution in [3.8, 4) is 17.1 Å². The summed E-state index contributed by atoms with van der Waals surface area (Å²) in [7, 11) is 0. The van der Waals surface area contributed by atoms with Crippen LogP contribution in [-0.2, 0) is 19.6 Å². The number of aromatic nitrogens is 7. The molecule has 2 aromatic carbocycles. The van der Waals surface area contributed by atoms with Gasteiger partial charge in [0, 0.05) is 23.9 Å². The number of imidazole rings is 1. The molecule has 11 heteroatoms. The highest BCUT2D eigenvalue weighted by atomic mass is 35.5. The molecule has 10 nitrogen and oxygen atoms in total. The molecular formula is C25H24ClN7O3. The third-order valence-corrected chi connectivity index (χ3v) is 6.47. The van der Waals surface area contributed by atoms with Gasteiger partial charge in [-0.2, -0.15) is 5.21 Å². The molecule has 0 bridgehead atoms. The molecule has 5 aromatic rings. The predicted octanol–water partition coefficient (Wildman–Crippen LogP) is 4.24. The highest BCUT2D eigenvalue weighted by Gasteiger charge is 2.21. The van der Waals surface area contributed by atoms with Gasteiger partial charge in [-0.1, -0.05) is 43.1 Å². The van der Waals surface area contributed by atoms with Crippen molar-refractivity contribution in [2.45, 2.75) is 39.3 Å². The SMILES string of the molecule is CCCCc1nc(Cl)c(CO)n1Cc1ccc2c(c1)cc(C(=O)O)n2-c1ccccc1-c1nn[nH]n1. The number of unbranched alkanes of at least 4 members (excludes halogenated alkanes) is 1. The van der Waals surface area contributed by atoms with Crippen LogP contribution in [0.4, 0.5) is 0 Å². The summed E-state index contributed by atoms with van der Waals surface area (Å²) in [5.41, 5.74) is 3.62. The zero-order chi connectivity index (χ0) is 25.2. The quantitative estimate of drug-likeness (QED) is 0.272. The van der Waals surface area contributed by atoms with Crippen molar-refractivity contribution in [1.82, 2.24) is 34.7 Å². The number of benzene rings is 2. The van der Waals surface area contributed by atoms with E-state index in [1.807, 2.05) is 47.0 Å². The number of hydrogen-bond acceptors (Lipinski definition) is 6. The van der Waals surface area contributed by atoms with Crippen LogP contribution in [0.5, 0.6) is 0 Å². The van der Waals surface area contributed by atoms with Crippen molar-refractivity contribution in [2.24, 2.45) is 0 Å². The molecule has 0 unspecified atom stereocenters. The van der Waals surface area contributed by atoms with Crippen LogP contribution in [0.25, 0.3) is 28.0 Å². The van der Waals surface area contributed by atoms with Gasteiger partial charge in [0.05, 0.1) is 23.5 Å². The van der Waals surface area contributed by atoms with Gasteiger partial charge in [-0.15, -0.1) is 10.2 Å². The van der Waals surface area contributed by atoms with E-state index >= 15 is 0 Å². The van der Waals surface area contributed by atoms with Crippen LogP contribution in [0.3, 0.4) is 0 Å². The number of halogens is 1. The van der Waals surface area contributed by atoms with Crippen LogP contribution < -0.4 is 0 Å². The number of nitrogens with zero attached hydrogens (tertiary/aromatic N) is 6. The van der Waals surface area contributed by atoms with E-state index in [0.29, 0.717) is 34.5 Å². The first kappa shape index (κ1) is 23.7. The topological polar surface area (TPSA) is 135 Å². The summed E-state index contributed by atoms with van der Waals surface area (Å²) in [6.45, 7) is 2.35. The number of aliphatic hydroxyl groups is 1. The molecule has 36 heavy (non-hydrogen) atoms. The number of aliphatic hydroxyl groups excluding tert-OH is 1. The van der Waals surface area contributed by atoms with E-state index in [0.717, 1.165) is 41.6 Å². The second-order valence-electron chi connectivity index (χ2n) is 8.43. The third kappa shape index (κ3) is 4.25. The molecule has 0 aliphatic carbocycles. The number of nitrogens with one attached hydrogen (secondary N) is 1. The summed E-state index contributed by atoms with van der Waals surface area (Å²) in [4.78, 5) is 16.7. The third-order valence-electron chi connectivity index (χ3n) is 6.16. The molecular weight excluding hydrogens is 482 g/mol. The number of aromatic amines is 1. The van der Waals surface area contributed by atoms with Crippen molar-refractivity contribution in [2.75, 3.05) is 0 Å². The van der Waals surface area contributed by atoms with E-state index in [2.05, 4.69) is 32.5 Å². The first-order valence-corrected chi connectivity index (χ1v) is 11.9.